The Hall–Kier alpha value is -1.92. The maximum atomic E-state index is 13.0. The van der Waals surface area contributed by atoms with Gasteiger partial charge in [-0.2, -0.15) is 0 Å². The summed E-state index contributed by atoms with van der Waals surface area (Å²) in [6.07, 6.45) is 3.26. The highest BCUT2D eigenvalue weighted by Crippen LogP contribution is 2.30. The van der Waals surface area contributed by atoms with Crippen molar-refractivity contribution in [2.45, 2.75) is 18.7 Å². The van der Waals surface area contributed by atoms with E-state index >= 15 is 0 Å². The SMILES string of the molecule is C=C(C)c1cn(S(=O)(=O)c2ccc(C)cc2)c2cc(Br)ncc12. The molecule has 23 heavy (non-hydrogen) atoms. The van der Waals surface area contributed by atoms with Crippen molar-refractivity contribution in [3.8, 4) is 0 Å². The maximum Gasteiger partial charge on any atom is 0.268 e. The minimum absolute atomic E-state index is 0.251. The summed E-state index contributed by atoms with van der Waals surface area (Å²) >= 11 is 3.30. The number of allylic oxidation sites excluding steroid dienone is 1. The van der Waals surface area contributed by atoms with E-state index < -0.39 is 10.0 Å². The average molecular weight is 391 g/mol. The van der Waals surface area contributed by atoms with E-state index in [0.29, 0.717) is 10.1 Å². The van der Waals surface area contributed by atoms with E-state index in [1.807, 2.05) is 13.8 Å². The molecule has 3 rings (SSSR count). The molecule has 0 N–H and O–H groups in total. The van der Waals surface area contributed by atoms with Crippen molar-refractivity contribution >= 4 is 42.4 Å². The molecule has 4 nitrogen and oxygen atoms in total. The maximum absolute atomic E-state index is 13.0. The summed E-state index contributed by atoms with van der Waals surface area (Å²) in [5, 5.41) is 0.761. The molecule has 0 saturated carbocycles. The molecule has 3 aromatic rings. The van der Waals surface area contributed by atoms with Crippen LogP contribution in [0.25, 0.3) is 16.5 Å². The number of benzene rings is 1. The van der Waals surface area contributed by atoms with Crippen LogP contribution in [0, 0.1) is 6.92 Å². The van der Waals surface area contributed by atoms with Gasteiger partial charge in [0.05, 0.1) is 10.4 Å². The Labute approximate surface area is 143 Å². The van der Waals surface area contributed by atoms with E-state index in [4.69, 9.17) is 0 Å². The second-order valence-corrected chi connectivity index (χ2v) is 8.09. The highest BCUT2D eigenvalue weighted by atomic mass is 79.9. The highest BCUT2D eigenvalue weighted by Gasteiger charge is 2.21. The van der Waals surface area contributed by atoms with Gasteiger partial charge in [0.2, 0.25) is 0 Å². The molecule has 0 unspecified atom stereocenters. The molecule has 0 bridgehead atoms. The number of nitrogens with zero attached hydrogens (tertiary/aromatic N) is 2. The monoisotopic (exact) mass is 390 g/mol. The van der Waals surface area contributed by atoms with E-state index in [0.717, 1.165) is 22.1 Å². The quantitative estimate of drug-likeness (QED) is 0.623. The predicted molar refractivity (Wildman–Crippen MR) is 95.9 cm³/mol. The zero-order valence-corrected chi connectivity index (χ0v) is 15.1. The molecular weight excluding hydrogens is 376 g/mol. The minimum atomic E-state index is -3.68. The van der Waals surface area contributed by atoms with Gasteiger partial charge >= 0.3 is 0 Å². The van der Waals surface area contributed by atoms with Gasteiger partial charge in [-0.25, -0.2) is 17.4 Å². The zero-order valence-electron chi connectivity index (χ0n) is 12.7. The van der Waals surface area contributed by atoms with Crippen molar-refractivity contribution in [3.63, 3.8) is 0 Å². The predicted octanol–water partition coefficient (Wildman–Crippen LogP) is 4.38. The van der Waals surface area contributed by atoms with Gasteiger partial charge < -0.3 is 0 Å². The Balaban J connectivity index is 2.33. The molecule has 0 aliphatic rings. The highest BCUT2D eigenvalue weighted by molar-refractivity contribution is 9.10. The Morgan fingerprint density at radius 2 is 1.91 bits per heavy atom. The number of aryl methyl sites for hydroxylation is 1. The Bertz CT molecular complexity index is 1020. The molecule has 0 saturated heterocycles. The first kappa shape index (κ1) is 16.0. The van der Waals surface area contributed by atoms with Crippen molar-refractivity contribution in [1.82, 2.24) is 8.96 Å². The van der Waals surface area contributed by atoms with Crippen LogP contribution in [-0.4, -0.2) is 17.4 Å². The lowest BCUT2D eigenvalue weighted by Crippen LogP contribution is -2.11. The third-order valence-corrected chi connectivity index (χ3v) is 5.78. The number of hydrogen-bond donors (Lipinski definition) is 0. The first-order valence-electron chi connectivity index (χ1n) is 6.95. The fourth-order valence-corrected chi connectivity index (χ4v) is 4.11. The second kappa shape index (κ2) is 5.62. The van der Waals surface area contributed by atoms with Crippen LogP contribution in [0.3, 0.4) is 0 Å². The van der Waals surface area contributed by atoms with E-state index in [2.05, 4.69) is 27.5 Å². The van der Waals surface area contributed by atoms with Crippen LogP contribution < -0.4 is 0 Å². The van der Waals surface area contributed by atoms with Crippen LogP contribution in [-0.2, 0) is 10.0 Å². The van der Waals surface area contributed by atoms with Crippen molar-refractivity contribution in [1.29, 1.82) is 0 Å². The molecule has 118 valence electrons. The summed E-state index contributed by atoms with van der Waals surface area (Å²) < 4.78 is 27.9. The largest absolute Gasteiger partial charge is 0.268 e. The standard InChI is InChI=1S/C17H15BrN2O2S/c1-11(2)15-10-20(16-8-17(18)19-9-14(15)16)23(21,22)13-6-4-12(3)5-7-13/h4-10H,1H2,2-3H3. The topological polar surface area (TPSA) is 52.0 Å². The summed E-state index contributed by atoms with van der Waals surface area (Å²) in [6, 6.07) is 8.51. The van der Waals surface area contributed by atoms with Crippen LogP contribution in [0.15, 0.2) is 58.8 Å². The number of rotatable bonds is 3. The van der Waals surface area contributed by atoms with Crippen molar-refractivity contribution < 1.29 is 8.42 Å². The van der Waals surface area contributed by atoms with Gasteiger partial charge in [-0.15, -0.1) is 0 Å². The summed E-state index contributed by atoms with van der Waals surface area (Å²) in [6.45, 7) is 7.70. The van der Waals surface area contributed by atoms with Gasteiger partial charge in [0.25, 0.3) is 10.0 Å². The fraction of sp³-hybridized carbons (Fsp3) is 0.118. The first-order chi connectivity index (χ1) is 10.8. The van der Waals surface area contributed by atoms with Crippen LogP contribution in [0.2, 0.25) is 0 Å². The molecule has 0 atom stereocenters. The molecule has 0 fully saturated rings. The Morgan fingerprint density at radius 1 is 1.26 bits per heavy atom. The number of aromatic nitrogens is 2. The lowest BCUT2D eigenvalue weighted by molar-refractivity contribution is 0.589. The van der Waals surface area contributed by atoms with Crippen molar-refractivity contribution in [3.05, 3.63) is 65.0 Å². The number of halogens is 1. The molecule has 0 spiro atoms. The van der Waals surface area contributed by atoms with Crippen LogP contribution in [0.1, 0.15) is 18.1 Å². The lowest BCUT2D eigenvalue weighted by Gasteiger charge is -2.08. The number of fused-ring (bicyclic) bond motifs is 1. The molecule has 0 radical (unpaired) electrons. The van der Waals surface area contributed by atoms with E-state index in [1.54, 1.807) is 42.7 Å². The van der Waals surface area contributed by atoms with Gasteiger partial charge in [-0.05, 0) is 53.5 Å². The van der Waals surface area contributed by atoms with Crippen LogP contribution in [0.5, 0.6) is 0 Å². The first-order valence-corrected chi connectivity index (χ1v) is 9.19. The van der Waals surface area contributed by atoms with Crippen LogP contribution >= 0.6 is 15.9 Å². The van der Waals surface area contributed by atoms with Gasteiger partial charge in [-0.1, -0.05) is 24.3 Å². The van der Waals surface area contributed by atoms with Gasteiger partial charge in [-0.3, -0.25) is 0 Å². The van der Waals surface area contributed by atoms with E-state index in [1.165, 1.54) is 3.97 Å². The third-order valence-electron chi connectivity index (χ3n) is 3.66. The molecule has 2 aromatic heterocycles. The zero-order chi connectivity index (χ0) is 16.8. The molecule has 0 aliphatic heterocycles. The summed E-state index contributed by atoms with van der Waals surface area (Å²) in [5.74, 6) is 0. The number of hydrogen-bond acceptors (Lipinski definition) is 3. The smallest absolute Gasteiger partial charge is 0.249 e. The Morgan fingerprint density at radius 3 is 2.52 bits per heavy atom. The summed E-state index contributed by atoms with van der Waals surface area (Å²) in [4.78, 5) is 4.45. The summed E-state index contributed by atoms with van der Waals surface area (Å²) in [5.41, 5.74) is 3.15. The third kappa shape index (κ3) is 2.72. The molecular formula is C17H15BrN2O2S. The van der Waals surface area contributed by atoms with Gasteiger partial charge in [0.15, 0.2) is 0 Å². The second-order valence-electron chi connectivity index (χ2n) is 5.46. The minimum Gasteiger partial charge on any atom is -0.249 e. The molecule has 0 amide bonds. The Kier molecular flexibility index (Phi) is 3.90. The van der Waals surface area contributed by atoms with Gasteiger partial charge in [0.1, 0.15) is 4.60 Å². The summed E-state index contributed by atoms with van der Waals surface area (Å²) in [7, 11) is -3.68. The van der Waals surface area contributed by atoms with E-state index in [-0.39, 0.29) is 4.90 Å². The molecule has 2 heterocycles. The van der Waals surface area contributed by atoms with Crippen molar-refractivity contribution in [2.24, 2.45) is 0 Å². The van der Waals surface area contributed by atoms with Crippen molar-refractivity contribution in [2.75, 3.05) is 0 Å². The average Bonchev–Trinajstić information content (AvgIpc) is 2.87. The molecule has 0 aliphatic carbocycles. The lowest BCUT2D eigenvalue weighted by atomic mass is 10.1. The normalized spacial score (nSPS) is 11.8. The fourth-order valence-electron chi connectivity index (χ4n) is 2.43. The molecule has 6 heteroatoms. The van der Waals surface area contributed by atoms with Crippen LogP contribution in [0.4, 0.5) is 0 Å². The van der Waals surface area contributed by atoms with Gasteiger partial charge in [0, 0.05) is 23.3 Å². The molecule has 1 aromatic carbocycles. The van der Waals surface area contributed by atoms with E-state index in [9.17, 15) is 8.42 Å². The number of pyridine rings is 1.